The molecule has 18 heavy (non-hydrogen) atoms. The van der Waals surface area contributed by atoms with Gasteiger partial charge in [-0.3, -0.25) is 4.79 Å². The van der Waals surface area contributed by atoms with Crippen LogP contribution in [0.2, 0.25) is 0 Å². The molecule has 1 aromatic carbocycles. The van der Waals surface area contributed by atoms with Crippen LogP contribution in [0.5, 0.6) is 0 Å². The van der Waals surface area contributed by atoms with Crippen LogP contribution in [0, 0.1) is 5.92 Å². The van der Waals surface area contributed by atoms with Crippen molar-refractivity contribution in [3.8, 4) is 0 Å². The molecule has 1 aliphatic carbocycles. The number of hydrogen-bond donors (Lipinski definition) is 1. The van der Waals surface area contributed by atoms with Crippen LogP contribution in [-0.4, -0.2) is 17.4 Å². The lowest BCUT2D eigenvalue weighted by molar-refractivity contribution is -0.139. The summed E-state index contributed by atoms with van der Waals surface area (Å²) >= 11 is 0. The SMILES string of the molecule is Nc1cccc(C2CCCN2C(=O)C2CCC2)c1. The summed E-state index contributed by atoms with van der Waals surface area (Å²) in [6.07, 6.45) is 5.56. The normalized spacial score (nSPS) is 24.0. The summed E-state index contributed by atoms with van der Waals surface area (Å²) < 4.78 is 0. The van der Waals surface area contributed by atoms with Crippen molar-refractivity contribution in [1.82, 2.24) is 4.90 Å². The Morgan fingerprint density at radius 3 is 2.72 bits per heavy atom. The second-order valence-corrected chi connectivity index (χ2v) is 5.49. The molecule has 2 N–H and O–H groups in total. The van der Waals surface area contributed by atoms with Gasteiger partial charge in [-0.15, -0.1) is 0 Å². The van der Waals surface area contributed by atoms with Gasteiger partial charge < -0.3 is 10.6 Å². The second-order valence-electron chi connectivity index (χ2n) is 5.49. The van der Waals surface area contributed by atoms with Gasteiger partial charge in [0, 0.05) is 18.2 Å². The molecule has 1 saturated heterocycles. The summed E-state index contributed by atoms with van der Waals surface area (Å²) in [7, 11) is 0. The van der Waals surface area contributed by atoms with E-state index in [9.17, 15) is 4.79 Å². The quantitative estimate of drug-likeness (QED) is 0.813. The number of nitrogens with two attached hydrogens (primary N) is 1. The lowest BCUT2D eigenvalue weighted by atomic mass is 9.84. The number of carbonyl (C=O) groups excluding carboxylic acids is 1. The Bertz CT molecular complexity index is 454. The van der Waals surface area contributed by atoms with Crippen LogP contribution in [0.3, 0.4) is 0 Å². The van der Waals surface area contributed by atoms with Crippen LogP contribution in [0.15, 0.2) is 24.3 Å². The van der Waals surface area contributed by atoms with Gasteiger partial charge in [-0.05, 0) is 43.4 Å². The molecule has 2 fully saturated rings. The molecule has 96 valence electrons. The van der Waals surface area contributed by atoms with Gasteiger partial charge in [0.25, 0.3) is 0 Å². The predicted octanol–water partition coefficient (Wildman–Crippen LogP) is 2.73. The molecule has 0 aromatic heterocycles. The zero-order valence-electron chi connectivity index (χ0n) is 10.6. The minimum absolute atomic E-state index is 0.251. The van der Waals surface area contributed by atoms with E-state index >= 15 is 0 Å². The van der Waals surface area contributed by atoms with Crippen molar-refractivity contribution in [2.24, 2.45) is 5.92 Å². The molecule has 1 amide bonds. The molecule has 3 nitrogen and oxygen atoms in total. The maximum atomic E-state index is 12.4. The number of anilines is 1. The van der Waals surface area contributed by atoms with Crippen LogP contribution in [0.4, 0.5) is 5.69 Å². The third kappa shape index (κ3) is 1.98. The minimum Gasteiger partial charge on any atom is -0.399 e. The van der Waals surface area contributed by atoms with E-state index < -0.39 is 0 Å². The summed E-state index contributed by atoms with van der Waals surface area (Å²) in [5, 5.41) is 0. The van der Waals surface area contributed by atoms with E-state index in [1.165, 1.54) is 12.0 Å². The Balaban J connectivity index is 1.80. The monoisotopic (exact) mass is 244 g/mol. The lowest BCUT2D eigenvalue weighted by Crippen LogP contribution is -2.38. The molecule has 1 heterocycles. The van der Waals surface area contributed by atoms with Crippen LogP contribution in [0.25, 0.3) is 0 Å². The van der Waals surface area contributed by atoms with Crippen molar-refractivity contribution < 1.29 is 4.79 Å². The van der Waals surface area contributed by atoms with Crippen molar-refractivity contribution in [3.05, 3.63) is 29.8 Å². The number of benzene rings is 1. The third-order valence-electron chi connectivity index (χ3n) is 4.29. The van der Waals surface area contributed by atoms with Gasteiger partial charge in [0.15, 0.2) is 0 Å². The van der Waals surface area contributed by atoms with Crippen molar-refractivity contribution in [2.75, 3.05) is 12.3 Å². The highest BCUT2D eigenvalue weighted by Gasteiger charge is 2.36. The van der Waals surface area contributed by atoms with Crippen molar-refractivity contribution in [1.29, 1.82) is 0 Å². The fourth-order valence-corrected chi connectivity index (χ4v) is 3.03. The second kappa shape index (κ2) is 4.63. The summed E-state index contributed by atoms with van der Waals surface area (Å²) in [6, 6.07) is 8.23. The van der Waals surface area contributed by atoms with Gasteiger partial charge in [-0.25, -0.2) is 0 Å². The first-order chi connectivity index (χ1) is 8.75. The molecule has 3 heteroatoms. The Labute approximate surface area is 108 Å². The smallest absolute Gasteiger partial charge is 0.226 e. The first kappa shape index (κ1) is 11.6. The van der Waals surface area contributed by atoms with E-state index in [-0.39, 0.29) is 6.04 Å². The first-order valence-corrected chi connectivity index (χ1v) is 6.91. The van der Waals surface area contributed by atoms with Crippen LogP contribution in [-0.2, 0) is 4.79 Å². The molecule has 0 spiro atoms. The maximum Gasteiger partial charge on any atom is 0.226 e. The highest BCUT2D eigenvalue weighted by Crippen LogP contribution is 2.37. The zero-order chi connectivity index (χ0) is 12.5. The number of likely N-dealkylation sites (tertiary alicyclic amines) is 1. The number of nitrogen functional groups attached to an aromatic ring is 1. The Kier molecular flexibility index (Phi) is 2.98. The number of hydrogen-bond acceptors (Lipinski definition) is 2. The van der Waals surface area contributed by atoms with Crippen molar-refractivity contribution >= 4 is 11.6 Å². The molecule has 0 radical (unpaired) electrons. The number of carbonyl (C=O) groups is 1. The summed E-state index contributed by atoms with van der Waals surface area (Å²) in [6.45, 7) is 0.912. The fourth-order valence-electron chi connectivity index (χ4n) is 3.03. The maximum absolute atomic E-state index is 12.4. The zero-order valence-corrected chi connectivity index (χ0v) is 10.6. The number of amides is 1. The van der Waals surface area contributed by atoms with Crippen molar-refractivity contribution in [3.63, 3.8) is 0 Å². The van der Waals surface area contributed by atoms with Crippen LogP contribution in [0.1, 0.15) is 43.7 Å². The molecular formula is C15H20N2O. The van der Waals surface area contributed by atoms with Crippen LogP contribution < -0.4 is 5.73 Å². The van der Waals surface area contributed by atoms with E-state index in [2.05, 4.69) is 11.0 Å². The first-order valence-electron chi connectivity index (χ1n) is 6.91. The summed E-state index contributed by atoms with van der Waals surface area (Å²) in [5.74, 6) is 0.665. The molecule has 1 aromatic rings. The van der Waals surface area contributed by atoms with E-state index in [0.29, 0.717) is 11.8 Å². The molecule has 1 aliphatic heterocycles. The van der Waals surface area contributed by atoms with E-state index in [0.717, 1.165) is 37.9 Å². The molecule has 2 aliphatic rings. The Morgan fingerprint density at radius 2 is 2.06 bits per heavy atom. The highest BCUT2D eigenvalue weighted by atomic mass is 16.2. The van der Waals surface area contributed by atoms with Crippen molar-refractivity contribution in [2.45, 2.75) is 38.1 Å². The van der Waals surface area contributed by atoms with Crippen LogP contribution >= 0.6 is 0 Å². The van der Waals surface area contributed by atoms with E-state index in [1.807, 2.05) is 18.2 Å². The van der Waals surface area contributed by atoms with Gasteiger partial charge in [-0.2, -0.15) is 0 Å². The fraction of sp³-hybridized carbons (Fsp3) is 0.533. The number of rotatable bonds is 2. The Hall–Kier alpha value is -1.51. The number of nitrogens with zero attached hydrogens (tertiary/aromatic N) is 1. The summed E-state index contributed by atoms with van der Waals surface area (Å²) in [5.41, 5.74) is 7.82. The standard InChI is InChI=1S/C15H20N2O/c16-13-7-2-6-12(10-13)14-8-3-9-17(14)15(18)11-4-1-5-11/h2,6-7,10-11,14H,1,3-5,8-9,16H2. The predicted molar refractivity (Wildman–Crippen MR) is 71.9 cm³/mol. The van der Waals surface area contributed by atoms with Gasteiger partial charge >= 0.3 is 0 Å². The topological polar surface area (TPSA) is 46.3 Å². The van der Waals surface area contributed by atoms with E-state index in [4.69, 9.17) is 5.73 Å². The van der Waals surface area contributed by atoms with E-state index in [1.54, 1.807) is 0 Å². The lowest BCUT2D eigenvalue weighted by Gasteiger charge is -2.33. The van der Waals surface area contributed by atoms with Gasteiger partial charge in [0.2, 0.25) is 5.91 Å². The molecule has 1 saturated carbocycles. The Morgan fingerprint density at radius 1 is 1.22 bits per heavy atom. The molecule has 3 rings (SSSR count). The molecule has 0 bridgehead atoms. The average Bonchev–Trinajstić information content (AvgIpc) is 2.75. The third-order valence-corrected chi connectivity index (χ3v) is 4.29. The average molecular weight is 244 g/mol. The minimum atomic E-state index is 0.251. The summed E-state index contributed by atoms with van der Waals surface area (Å²) in [4.78, 5) is 14.5. The highest BCUT2D eigenvalue weighted by molar-refractivity contribution is 5.80. The molecule has 1 atom stereocenters. The van der Waals surface area contributed by atoms with Gasteiger partial charge in [0.1, 0.15) is 0 Å². The largest absolute Gasteiger partial charge is 0.399 e. The van der Waals surface area contributed by atoms with Gasteiger partial charge in [-0.1, -0.05) is 18.6 Å². The molecular weight excluding hydrogens is 224 g/mol. The van der Waals surface area contributed by atoms with Gasteiger partial charge in [0.05, 0.1) is 6.04 Å². The molecule has 1 unspecified atom stereocenters.